The first-order valence-electron chi connectivity index (χ1n) is 5.98. The summed E-state index contributed by atoms with van der Waals surface area (Å²) in [7, 11) is 0. The number of carboxylic acid groups (broad SMARTS) is 1. The van der Waals surface area contributed by atoms with Crippen molar-refractivity contribution in [1.82, 2.24) is 9.97 Å². The molecule has 20 heavy (non-hydrogen) atoms. The molecule has 0 saturated heterocycles. The lowest BCUT2D eigenvalue weighted by Gasteiger charge is -2.00. The van der Waals surface area contributed by atoms with E-state index in [2.05, 4.69) is 9.97 Å². The van der Waals surface area contributed by atoms with Crippen LogP contribution >= 0.6 is 0 Å². The second kappa shape index (κ2) is 4.62. The number of fused-ring (bicyclic) bond motifs is 1. The first-order chi connectivity index (χ1) is 9.66. The molecule has 98 valence electrons. The van der Waals surface area contributed by atoms with Crippen LogP contribution in [-0.4, -0.2) is 26.8 Å². The number of rotatable bonds is 3. The van der Waals surface area contributed by atoms with Gasteiger partial charge in [0.1, 0.15) is 11.4 Å². The molecule has 0 fully saturated rings. The fourth-order valence-corrected chi connectivity index (χ4v) is 2.08. The van der Waals surface area contributed by atoms with Crippen molar-refractivity contribution in [1.29, 1.82) is 0 Å². The number of nitrogens with one attached hydrogen (secondary N) is 1. The van der Waals surface area contributed by atoms with E-state index in [4.69, 9.17) is 5.11 Å². The van der Waals surface area contributed by atoms with Gasteiger partial charge in [0.25, 0.3) is 0 Å². The molecule has 2 heterocycles. The van der Waals surface area contributed by atoms with E-state index in [1.165, 1.54) is 18.2 Å². The van der Waals surface area contributed by atoms with Crippen molar-refractivity contribution in [2.75, 3.05) is 0 Å². The molecule has 0 aliphatic heterocycles. The van der Waals surface area contributed by atoms with E-state index < -0.39 is 5.97 Å². The average Bonchev–Trinajstić information content (AvgIpc) is 2.90. The Balaban J connectivity index is 2.08. The number of nitrogens with zero attached hydrogens (tertiary/aromatic N) is 1. The van der Waals surface area contributed by atoms with Crippen LogP contribution in [0.4, 0.5) is 0 Å². The molecular weight excluding hydrogens is 256 g/mol. The fraction of sp³-hybridized carbons (Fsp3) is 0. The van der Waals surface area contributed by atoms with Gasteiger partial charge in [-0.25, -0.2) is 9.78 Å². The highest BCUT2D eigenvalue weighted by Crippen LogP contribution is 2.20. The van der Waals surface area contributed by atoms with Crippen LogP contribution in [-0.2, 0) is 0 Å². The van der Waals surface area contributed by atoms with E-state index in [0.29, 0.717) is 5.56 Å². The summed E-state index contributed by atoms with van der Waals surface area (Å²) in [5.41, 5.74) is 1.31. The van der Waals surface area contributed by atoms with Crippen molar-refractivity contribution < 1.29 is 14.7 Å². The average molecular weight is 266 g/mol. The maximum absolute atomic E-state index is 12.4. The van der Waals surface area contributed by atoms with Crippen molar-refractivity contribution in [3.63, 3.8) is 0 Å². The molecule has 5 heteroatoms. The molecule has 0 unspecified atom stereocenters. The minimum atomic E-state index is -1.15. The van der Waals surface area contributed by atoms with Crippen LogP contribution in [0.15, 0.2) is 48.7 Å². The quantitative estimate of drug-likeness (QED) is 0.713. The van der Waals surface area contributed by atoms with Crippen LogP contribution in [0.1, 0.15) is 26.5 Å². The number of aromatic nitrogens is 2. The first kappa shape index (κ1) is 12.1. The van der Waals surface area contributed by atoms with Gasteiger partial charge in [-0.15, -0.1) is 0 Å². The van der Waals surface area contributed by atoms with Crippen molar-refractivity contribution in [3.8, 4) is 0 Å². The van der Waals surface area contributed by atoms with Crippen molar-refractivity contribution in [2.45, 2.75) is 0 Å². The van der Waals surface area contributed by atoms with E-state index in [0.717, 1.165) is 10.9 Å². The fourth-order valence-electron chi connectivity index (χ4n) is 2.08. The van der Waals surface area contributed by atoms with Crippen LogP contribution in [0.25, 0.3) is 10.9 Å². The van der Waals surface area contributed by atoms with Gasteiger partial charge < -0.3 is 10.1 Å². The van der Waals surface area contributed by atoms with Gasteiger partial charge in [0.05, 0.1) is 0 Å². The number of pyridine rings is 1. The molecule has 3 rings (SSSR count). The van der Waals surface area contributed by atoms with E-state index in [9.17, 15) is 9.59 Å². The van der Waals surface area contributed by atoms with Gasteiger partial charge in [-0.05, 0) is 18.2 Å². The Kier molecular flexibility index (Phi) is 2.80. The Bertz CT molecular complexity index is 821. The number of carboxylic acids is 1. The summed E-state index contributed by atoms with van der Waals surface area (Å²) in [6.45, 7) is 0. The predicted molar refractivity (Wildman–Crippen MR) is 72.9 cm³/mol. The Morgan fingerprint density at radius 3 is 2.55 bits per heavy atom. The van der Waals surface area contributed by atoms with Gasteiger partial charge in [-0.2, -0.15) is 0 Å². The van der Waals surface area contributed by atoms with Gasteiger partial charge in [-0.3, -0.25) is 4.79 Å². The van der Waals surface area contributed by atoms with E-state index in [1.807, 2.05) is 24.3 Å². The molecule has 0 aliphatic carbocycles. The highest BCUT2D eigenvalue weighted by atomic mass is 16.4. The number of hydrogen-bond donors (Lipinski definition) is 2. The third-order valence-electron chi connectivity index (χ3n) is 3.03. The summed E-state index contributed by atoms with van der Waals surface area (Å²) < 4.78 is 0. The Hall–Kier alpha value is -2.95. The molecule has 0 saturated carbocycles. The second-order valence-corrected chi connectivity index (χ2v) is 4.29. The SMILES string of the molecule is O=C(O)c1cccc(C(=O)c2c[nH]c3ccccc23)n1. The molecule has 3 aromatic rings. The Morgan fingerprint density at radius 1 is 1.00 bits per heavy atom. The lowest BCUT2D eigenvalue weighted by Crippen LogP contribution is -2.08. The number of aromatic carboxylic acids is 1. The number of ketones is 1. The molecule has 0 atom stereocenters. The maximum Gasteiger partial charge on any atom is 0.354 e. The molecular formula is C15H10N2O3. The molecule has 0 aliphatic rings. The molecule has 2 aromatic heterocycles. The van der Waals surface area contributed by atoms with Gasteiger partial charge in [-0.1, -0.05) is 24.3 Å². The molecule has 0 bridgehead atoms. The summed E-state index contributed by atoms with van der Waals surface area (Å²) in [6, 6.07) is 11.8. The predicted octanol–water partition coefficient (Wildman–Crippen LogP) is 2.49. The zero-order valence-corrected chi connectivity index (χ0v) is 10.3. The maximum atomic E-state index is 12.4. The first-order valence-corrected chi connectivity index (χ1v) is 5.98. The number of carbonyl (C=O) groups is 2. The number of benzene rings is 1. The number of para-hydroxylation sites is 1. The Morgan fingerprint density at radius 2 is 1.75 bits per heavy atom. The summed E-state index contributed by atoms with van der Waals surface area (Å²) in [4.78, 5) is 30.2. The van der Waals surface area contributed by atoms with E-state index in [-0.39, 0.29) is 17.2 Å². The smallest absolute Gasteiger partial charge is 0.354 e. The molecule has 0 amide bonds. The van der Waals surface area contributed by atoms with E-state index >= 15 is 0 Å². The number of carbonyl (C=O) groups excluding carboxylic acids is 1. The standard InChI is InChI=1S/C15H10N2O3/c18-14(12-6-3-7-13(17-12)15(19)20)10-8-16-11-5-2-1-4-9(10)11/h1-8,16H,(H,19,20). The molecule has 0 spiro atoms. The number of H-pyrrole nitrogens is 1. The van der Waals surface area contributed by atoms with E-state index in [1.54, 1.807) is 6.20 Å². The molecule has 0 radical (unpaired) electrons. The number of aromatic amines is 1. The lowest BCUT2D eigenvalue weighted by atomic mass is 10.1. The second-order valence-electron chi connectivity index (χ2n) is 4.29. The Labute approximate surface area is 113 Å². The summed E-state index contributed by atoms with van der Waals surface area (Å²) in [6.07, 6.45) is 1.61. The normalized spacial score (nSPS) is 10.6. The highest BCUT2D eigenvalue weighted by molar-refractivity contribution is 6.15. The number of hydrogen-bond acceptors (Lipinski definition) is 3. The van der Waals surface area contributed by atoms with Crippen LogP contribution in [0.2, 0.25) is 0 Å². The topological polar surface area (TPSA) is 83.0 Å². The third-order valence-corrected chi connectivity index (χ3v) is 3.03. The lowest BCUT2D eigenvalue weighted by molar-refractivity contribution is 0.0690. The third kappa shape index (κ3) is 1.95. The van der Waals surface area contributed by atoms with Crippen molar-refractivity contribution in [3.05, 3.63) is 65.6 Å². The largest absolute Gasteiger partial charge is 0.477 e. The summed E-state index contributed by atoms with van der Waals surface area (Å²) in [5.74, 6) is -1.45. The van der Waals surface area contributed by atoms with Crippen molar-refractivity contribution in [2.24, 2.45) is 0 Å². The minimum Gasteiger partial charge on any atom is -0.477 e. The zero-order chi connectivity index (χ0) is 14.1. The molecule has 5 nitrogen and oxygen atoms in total. The summed E-state index contributed by atoms with van der Waals surface area (Å²) >= 11 is 0. The van der Waals surface area contributed by atoms with Gasteiger partial charge >= 0.3 is 5.97 Å². The monoisotopic (exact) mass is 266 g/mol. The van der Waals surface area contributed by atoms with Crippen molar-refractivity contribution >= 4 is 22.7 Å². The highest BCUT2D eigenvalue weighted by Gasteiger charge is 2.16. The van der Waals surface area contributed by atoms with Gasteiger partial charge in [0, 0.05) is 22.7 Å². The van der Waals surface area contributed by atoms with Crippen LogP contribution in [0, 0.1) is 0 Å². The minimum absolute atomic E-state index is 0.120. The van der Waals surface area contributed by atoms with Crippen LogP contribution in [0.5, 0.6) is 0 Å². The van der Waals surface area contributed by atoms with Crippen LogP contribution in [0.3, 0.4) is 0 Å². The summed E-state index contributed by atoms with van der Waals surface area (Å²) in [5, 5.41) is 9.71. The molecule has 2 N–H and O–H groups in total. The zero-order valence-electron chi connectivity index (χ0n) is 10.3. The van der Waals surface area contributed by atoms with Gasteiger partial charge in [0.2, 0.25) is 5.78 Å². The van der Waals surface area contributed by atoms with Crippen LogP contribution < -0.4 is 0 Å². The van der Waals surface area contributed by atoms with Gasteiger partial charge in [0.15, 0.2) is 0 Å². The molecule has 1 aromatic carbocycles.